The molecule has 1 N–H and O–H groups in total. The number of hydrogen-bond donors (Lipinski definition) is 1. The van der Waals surface area contributed by atoms with E-state index in [-0.39, 0.29) is 5.91 Å². The van der Waals surface area contributed by atoms with Crippen LogP contribution < -0.4 is 10.1 Å². The fraction of sp³-hybridized carbons (Fsp3) is 0.226. The zero-order chi connectivity index (χ0) is 26.0. The standard InChI is InChI=1S/C31H32N2O4/c1-3-36-29(34)18-17-26-21-33(23(2)31(35)32-20-19-24-11-6-4-7-12-24)30-27(26)15-10-16-28(30)37-22-25-13-8-5-9-14-25/h4-18,21,23H,3,19-20,22H2,1-2H3,(H,32,35). The molecule has 0 saturated heterocycles. The first kappa shape index (κ1) is 25.8. The van der Waals surface area contributed by atoms with E-state index in [2.05, 4.69) is 5.32 Å². The number of hydrogen-bond acceptors (Lipinski definition) is 4. The largest absolute Gasteiger partial charge is 0.487 e. The summed E-state index contributed by atoms with van der Waals surface area (Å²) in [4.78, 5) is 25.1. The Hall–Kier alpha value is -4.32. The molecule has 6 heteroatoms. The molecule has 4 aromatic rings. The molecule has 1 heterocycles. The Morgan fingerprint density at radius 1 is 0.946 bits per heavy atom. The molecule has 1 atom stereocenters. The number of carbonyl (C=O) groups is 2. The highest BCUT2D eigenvalue weighted by Crippen LogP contribution is 2.33. The summed E-state index contributed by atoms with van der Waals surface area (Å²) in [6.07, 6.45) is 5.77. The van der Waals surface area contributed by atoms with Crippen LogP contribution in [0.15, 0.2) is 91.1 Å². The highest BCUT2D eigenvalue weighted by molar-refractivity contribution is 5.97. The molecule has 0 aliphatic heterocycles. The van der Waals surface area contributed by atoms with E-state index in [9.17, 15) is 9.59 Å². The third kappa shape index (κ3) is 6.67. The number of esters is 1. The average Bonchev–Trinajstić information content (AvgIpc) is 3.31. The summed E-state index contributed by atoms with van der Waals surface area (Å²) in [5.41, 5.74) is 3.82. The van der Waals surface area contributed by atoms with Crippen LogP contribution in [0.5, 0.6) is 5.75 Å². The van der Waals surface area contributed by atoms with Crippen LogP contribution in [-0.4, -0.2) is 29.6 Å². The van der Waals surface area contributed by atoms with Crippen LogP contribution >= 0.6 is 0 Å². The van der Waals surface area contributed by atoms with Gasteiger partial charge in [-0.3, -0.25) is 4.79 Å². The van der Waals surface area contributed by atoms with Crippen molar-refractivity contribution in [3.05, 3.63) is 108 Å². The van der Waals surface area contributed by atoms with Crippen LogP contribution in [0.3, 0.4) is 0 Å². The fourth-order valence-corrected chi connectivity index (χ4v) is 4.19. The Kier molecular flexibility index (Phi) is 8.76. The molecule has 37 heavy (non-hydrogen) atoms. The molecule has 4 rings (SSSR count). The van der Waals surface area contributed by atoms with Crippen LogP contribution in [0.2, 0.25) is 0 Å². The summed E-state index contributed by atoms with van der Waals surface area (Å²) >= 11 is 0. The summed E-state index contributed by atoms with van der Waals surface area (Å²) in [7, 11) is 0. The highest BCUT2D eigenvalue weighted by atomic mass is 16.5. The summed E-state index contributed by atoms with van der Waals surface area (Å²) in [5.74, 6) is 0.166. The number of ether oxygens (including phenoxy) is 2. The number of nitrogens with one attached hydrogen (secondary N) is 1. The highest BCUT2D eigenvalue weighted by Gasteiger charge is 2.21. The van der Waals surface area contributed by atoms with Gasteiger partial charge >= 0.3 is 5.97 Å². The van der Waals surface area contributed by atoms with E-state index in [1.54, 1.807) is 13.0 Å². The lowest BCUT2D eigenvalue weighted by atomic mass is 10.1. The van der Waals surface area contributed by atoms with E-state index >= 15 is 0 Å². The lowest BCUT2D eigenvalue weighted by Gasteiger charge is -2.17. The molecule has 0 fully saturated rings. The number of benzene rings is 3. The van der Waals surface area contributed by atoms with E-state index < -0.39 is 12.0 Å². The van der Waals surface area contributed by atoms with Crippen molar-refractivity contribution in [3.63, 3.8) is 0 Å². The molecule has 0 bridgehead atoms. The lowest BCUT2D eigenvalue weighted by molar-refractivity contribution is -0.137. The van der Waals surface area contributed by atoms with E-state index in [4.69, 9.17) is 9.47 Å². The van der Waals surface area contributed by atoms with Gasteiger partial charge in [-0.25, -0.2) is 4.79 Å². The van der Waals surface area contributed by atoms with E-state index in [0.29, 0.717) is 25.5 Å². The van der Waals surface area contributed by atoms with Crippen LogP contribution in [0.1, 0.15) is 36.6 Å². The van der Waals surface area contributed by atoms with Crippen LogP contribution in [0, 0.1) is 0 Å². The molecular weight excluding hydrogens is 464 g/mol. The molecule has 1 aromatic heterocycles. The monoisotopic (exact) mass is 496 g/mol. The molecule has 0 spiro atoms. The average molecular weight is 497 g/mol. The third-order valence-electron chi connectivity index (χ3n) is 6.12. The third-order valence-corrected chi connectivity index (χ3v) is 6.12. The molecule has 0 aliphatic rings. The minimum Gasteiger partial charge on any atom is -0.487 e. The smallest absolute Gasteiger partial charge is 0.330 e. The molecule has 0 radical (unpaired) electrons. The summed E-state index contributed by atoms with van der Waals surface area (Å²) in [6, 6.07) is 25.3. The number of aromatic nitrogens is 1. The van der Waals surface area contributed by atoms with Gasteiger partial charge in [-0.15, -0.1) is 0 Å². The SMILES string of the molecule is CCOC(=O)C=Cc1cn(C(C)C(=O)NCCc2ccccc2)c2c(OCc3ccccc3)cccc12. The van der Waals surface area contributed by atoms with Crippen molar-refractivity contribution in [1.82, 2.24) is 9.88 Å². The molecule has 190 valence electrons. The Morgan fingerprint density at radius 3 is 2.35 bits per heavy atom. The van der Waals surface area contributed by atoms with Gasteiger partial charge in [0.15, 0.2) is 0 Å². The molecule has 1 unspecified atom stereocenters. The first-order chi connectivity index (χ1) is 18.1. The lowest BCUT2D eigenvalue weighted by Crippen LogP contribution is -2.32. The van der Waals surface area contributed by atoms with E-state index in [1.807, 2.05) is 96.6 Å². The topological polar surface area (TPSA) is 69.6 Å². The number of fused-ring (bicyclic) bond motifs is 1. The van der Waals surface area contributed by atoms with Crippen molar-refractivity contribution < 1.29 is 19.1 Å². The van der Waals surface area contributed by atoms with Gasteiger partial charge in [-0.1, -0.05) is 72.8 Å². The second kappa shape index (κ2) is 12.6. The van der Waals surface area contributed by atoms with Gasteiger partial charge in [0.2, 0.25) is 5.91 Å². The number of carbonyl (C=O) groups excluding carboxylic acids is 2. The summed E-state index contributed by atoms with van der Waals surface area (Å²) in [5, 5.41) is 3.94. The van der Waals surface area contributed by atoms with Crippen LogP contribution in [0.25, 0.3) is 17.0 Å². The minimum atomic E-state index is -0.496. The zero-order valence-corrected chi connectivity index (χ0v) is 21.2. The second-order valence-corrected chi connectivity index (χ2v) is 8.71. The minimum absolute atomic E-state index is 0.0911. The van der Waals surface area contributed by atoms with E-state index in [1.165, 1.54) is 11.6 Å². The van der Waals surface area contributed by atoms with Gasteiger partial charge in [0, 0.05) is 29.8 Å². The number of nitrogens with zero attached hydrogens (tertiary/aromatic N) is 1. The van der Waals surface area contributed by atoms with Crippen molar-refractivity contribution in [2.45, 2.75) is 32.9 Å². The molecule has 0 aliphatic carbocycles. The Bertz CT molecular complexity index is 1360. The van der Waals surface area contributed by atoms with Gasteiger partial charge in [-0.2, -0.15) is 0 Å². The fourth-order valence-electron chi connectivity index (χ4n) is 4.19. The normalized spacial score (nSPS) is 11.9. The van der Waals surface area contributed by atoms with Crippen molar-refractivity contribution in [2.24, 2.45) is 0 Å². The number of para-hydroxylation sites is 1. The molecule has 3 aromatic carbocycles. The predicted molar refractivity (Wildman–Crippen MR) is 146 cm³/mol. The van der Waals surface area contributed by atoms with E-state index in [0.717, 1.165) is 28.5 Å². The maximum absolute atomic E-state index is 13.2. The van der Waals surface area contributed by atoms with Gasteiger partial charge < -0.3 is 19.4 Å². The van der Waals surface area contributed by atoms with Crippen molar-refractivity contribution in [2.75, 3.05) is 13.2 Å². The zero-order valence-electron chi connectivity index (χ0n) is 21.2. The first-order valence-electron chi connectivity index (χ1n) is 12.5. The molecule has 0 saturated carbocycles. The maximum Gasteiger partial charge on any atom is 0.330 e. The van der Waals surface area contributed by atoms with Crippen LogP contribution in [-0.2, 0) is 27.4 Å². The Balaban J connectivity index is 1.61. The summed E-state index contributed by atoms with van der Waals surface area (Å²) < 4.78 is 13.2. The van der Waals surface area contributed by atoms with Gasteiger partial charge in [-0.05, 0) is 43.5 Å². The van der Waals surface area contributed by atoms with Crippen LogP contribution in [0.4, 0.5) is 0 Å². The first-order valence-corrected chi connectivity index (χ1v) is 12.5. The Labute approximate surface area is 217 Å². The Morgan fingerprint density at radius 2 is 1.65 bits per heavy atom. The van der Waals surface area contributed by atoms with Crippen molar-refractivity contribution >= 4 is 28.9 Å². The molecule has 6 nitrogen and oxygen atoms in total. The van der Waals surface area contributed by atoms with Crippen molar-refractivity contribution in [1.29, 1.82) is 0 Å². The maximum atomic E-state index is 13.2. The predicted octanol–water partition coefficient (Wildman–Crippen LogP) is 5.72. The van der Waals surface area contributed by atoms with Gasteiger partial charge in [0.25, 0.3) is 0 Å². The van der Waals surface area contributed by atoms with Crippen molar-refractivity contribution in [3.8, 4) is 5.75 Å². The second-order valence-electron chi connectivity index (χ2n) is 8.71. The number of amides is 1. The number of rotatable bonds is 11. The summed E-state index contributed by atoms with van der Waals surface area (Å²) in [6.45, 7) is 4.88. The molecule has 1 amide bonds. The quantitative estimate of drug-likeness (QED) is 0.213. The van der Waals surface area contributed by atoms with Gasteiger partial charge in [0.05, 0.1) is 12.1 Å². The molecular formula is C31H32N2O4. The van der Waals surface area contributed by atoms with Gasteiger partial charge in [0.1, 0.15) is 18.4 Å².